The van der Waals surface area contributed by atoms with Gasteiger partial charge in [0.2, 0.25) is 10.0 Å². The molecule has 1 aliphatic heterocycles. The summed E-state index contributed by atoms with van der Waals surface area (Å²) in [5.41, 5.74) is 2.45. The summed E-state index contributed by atoms with van der Waals surface area (Å²) >= 11 is 0. The highest BCUT2D eigenvalue weighted by molar-refractivity contribution is 7.92. The van der Waals surface area contributed by atoms with Crippen LogP contribution in [-0.4, -0.2) is 26.8 Å². The molecule has 0 saturated carbocycles. The summed E-state index contributed by atoms with van der Waals surface area (Å²) in [5, 5.41) is 3.40. The highest BCUT2D eigenvalue weighted by Crippen LogP contribution is 2.37. The van der Waals surface area contributed by atoms with E-state index in [1.54, 1.807) is 0 Å². The van der Waals surface area contributed by atoms with Gasteiger partial charge in [0.15, 0.2) is 0 Å². The SMILES string of the molecule is Cc1cccc2c1NC(C)(C)CN2S(C)(=O)=O. The number of para-hydroxylation sites is 1. The van der Waals surface area contributed by atoms with Crippen LogP contribution in [0.3, 0.4) is 0 Å². The van der Waals surface area contributed by atoms with Gasteiger partial charge in [-0.25, -0.2) is 8.42 Å². The van der Waals surface area contributed by atoms with Gasteiger partial charge in [-0.1, -0.05) is 12.1 Å². The van der Waals surface area contributed by atoms with Gasteiger partial charge < -0.3 is 5.32 Å². The van der Waals surface area contributed by atoms with Crippen molar-refractivity contribution >= 4 is 21.4 Å². The summed E-state index contributed by atoms with van der Waals surface area (Å²) in [4.78, 5) is 0. The lowest BCUT2D eigenvalue weighted by atomic mass is 9.99. The van der Waals surface area contributed by atoms with Crippen molar-refractivity contribution in [2.45, 2.75) is 26.3 Å². The van der Waals surface area contributed by atoms with E-state index in [0.717, 1.165) is 16.9 Å². The van der Waals surface area contributed by atoms with Crippen molar-refractivity contribution in [1.29, 1.82) is 0 Å². The van der Waals surface area contributed by atoms with E-state index in [0.29, 0.717) is 6.54 Å². The Hall–Kier alpha value is -1.23. The van der Waals surface area contributed by atoms with Crippen LogP contribution in [0.2, 0.25) is 0 Å². The Morgan fingerprint density at radius 2 is 2.00 bits per heavy atom. The number of aryl methyl sites for hydroxylation is 1. The number of fused-ring (bicyclic) bond motifs is 1. The summed E-state index contributed by atoms with van der Waals surface area (Å²) in [6, 6.07) is 5.70. The number of hydrogen-bond acceptors (Lipinski definition) is 3. The van der Waals surface area contributed by atoms with E-state index < -0.39 is 10.0 Å². The van der Waals surface area contributed by atoms with Gasteiger partial charge >= 0.3 is 0 Å². The predicted octanol–water partition coefficient (Wildman–Crippen LogP) is 1.97. The van der Waals surface area contributed by atoms with Crippen molar-refractivity contribution in [3.8, 4) is 0 Å². The van der Waals surface area contributed by atoms with Crippen molar-refractivity contribution in [1.82, 2.24) is 0 Å². The molecule has 1 N–H and O–H groups in total. The minimum atomic E-state index is -3.23. The Morgan fingerprint density at radius 3 is 2.59 bits per heavy atom. The van der Waals surface area contributed by atoms with Crippen LogP contribution in [0.4, 0.5) is 11.4 Å². The van der Waals surface area contributed by atoms with E-state index in [9.17, 15) is 8.42 Å². The summed E-state index contributed by atoms with van der Waals surface area (Å²) < 4.78 is 25.2. The second-order valence-electron chi connectivity index (χ2n) is 5.25. The molecule has 0 amide bonds. The summed E-state index contributed by atoms with van der Waals surface area (Å²) in [6.07, 6.45) is 1.25. The fourth-order valence-electron chi connectivity index (χ4n) is 2.14. The minimum absolute atomic E-state index is 0.262. The molecule has 94 valence electrons. The summed E-state index contributed by atoms with van der Waals surface area (Å²) in [6.45, 7) is 6.43. The fraction of sp³-hybridized carbons (Fsp3) is 0.500. The first kappa shape index (κ1) is 12.2. The van der Waals surface area contributed by atoms with Crippen LogP contribution in [0.5, 0.6) is 0 Å². The first-order valence-electron chi connectivity index (χ1n) is 5.56. The molecule has 1 heterocycles. The van der Waals surface area contributed by atoms with E-state index in [2.05, 4.69) is 5.32 Å². The van der Waals surface area contributed by atoms with Gasteiger partial charge in [0.25, 0.3) is 0 Å². The number of benzene rings is 1. The average Bonchev–Trinajstić information content (AvgIpc) is 2.16. The molecule has 0 fully saturated rings. The van der Waals surface area contributed by atoms with Crippen LogP contribution in [0, 0.1) is 6.92 Å². The Labute approximate surface area is 103 Å². The number of anilines is 2. The molecule has 0 bridgehead atoms. The summed E-state index contributed by atoms with van der Waals surface area (Å²) in [7, 11) is -3.23. The molecule has 1 aromatic rings. The molecule has 0 aliphatic carbocycles. The van der Waals surface area contributed by atoms with Gasteiger partial charge in [0, 0.05) is 0 Å². The minimum Gasteiger partial charge on any atom is -0.376 e. The molecule has 4 nitrogen and oxygen atoms in total. The van der Waals surface area contributed by atoms with E-state index in [1.165, 1.54) is 10.6 Å². The molecule has 5 heteroatoms. The first-order valence-corrected chi connectivity index (χ1v) is 7.41. The van der Waals surface area contributed by atoms with Crippen LogP contribution in [0.15, 0.2) is 18.2 Å². The van der Waals surface area contributed by atoms with Crippen molar-refractivity contribution in [2.24, 2.45) is 0 Å². The lowest BCUT2D eigenvalue weighted by molar-refractivity contribution is 0.546. The number of hydrogen-bond donors (Lipinski definition) is 1. The van der Waals surface area contributed by atoms with Gasteiger partial charge in [0.1, 0.15) is 0 Å². The predicted molar refractivity (Wildman–Crippen MR) is 71.1 cm³/mol. The molecule has 1 aromatic carbocycles. The van der Waals surface area contributed by atoms with Crippen LogP contribution in [0.1, 0.15) is 19.4 Å². The van der Waals surface area contributed by atoms with Crippen molar-refractivity contribution in [3.05, 3.63) is 23.8 Å². The standard InChI is InChI=1S/C12H18N2O2S/c1-9-6-5-7-10-11(9)13-12(2,3)8-14(10)17(4,15)16/h5-7,13H,8H2,1-4H3. The molecule has 0 aromatic heterocycles. The highest BCUT2D eigenvalue weighted by Gasteiger charge is 2.34. The van der Waals surface area contributed by atoms with E-state index >= 15 is 0 Å². The van der Waals surface area contributed by atoms with E-state index in [-0.39, 0.29) is 5.54 Å². The second kappa shape index (κ2) is 3.63. The number of rotatable bonds is 1. The zero-order valence-electron chi connectivity index (χ0n) is 10.6. The Bertz CT molecular complexity index is 550. The zero-order chi connectivity index (χ0) is 12.8. The number of nitrogens with one attached hydrogen (secondary N) is 1. The molecule has 1 aliphatic rings. The lowest BCUT2D eigenvalue weighted by Gasteiger charge is -2.41. The monoisotopic (exact) mass is 254 g/mol. The molecule has 17 heavy (non-hydrogen) atoms. The number of sulfonamides is 1. The van der Waals surface area contributed by atoms with Crippen molar-refractivity contribution < 1.29 is 8.42 Å². The van der Waals surface area contributed by atoms with Crippen LogP contribution in [0.25, 0.3) is 0 Å². The molecule has 0 radical (unpaired) electrons. The van der Waals surface area contributed by atoms with Crippen LogP contribution in [-0.2, 0) is 10.0 Å². The largest absolute Gasteiger partial charge is 0.376 e. The van der Waals surface area contributed by atoms with Crippen molar-refractivity contribution in [2.75, 3.05) is 22.4 Å². The maximum Gasteiger partial charge on any atom is 0.232 e. The Balaban J connectivity index is 2.64. The van der Waals surface area contributed by atoms with Gasteiger partial charge in [-0.15, -0.1) is 0 Å². The molecule has 0 unspecified atom stereocenters. The third kappa shape index (κ3) is 2.24. The Morgan fingerprint density at radius 1 is 1.35 bits per heavy atom. The normalized spacial score (nSPS) is 18.5. The van der Waals surface area contributed by atoms with Gasteiger partial charge in [0.05, 0.1) is 29.7 Å². The summed E-state index contributed by atoms with van der Waals surface area (Å²) in [5.74, 6) is 0. The van der Waals surface area contributed by atoms with E-state index in [4.69, 9.17) is 0 Å². The third-order valence-electron chi connectivity index (χ3n) is 2.92. The first-order chi connectivity index (χ1) is 7.71. The topological polar surface area (TPSA) is 49.4 Å². The Kier molecular flexibility index (Phi) is 2.61. The highest BCUT2D eigenvalue weighted by atomic mass is 32.2. The van der Waals surface area contributed by atoms with Gasteiger partial charge in [-0.2, -0.15) is 0 Å². The third-order valence-corrected chi connectivity index (χ3v) is 4.05. The van der Waals surface area contributed by atoms with Gasteiger partial charge in [-0.3, -0.25) is 4.31 Å². The molecule has 0 atom stereocenters. The smallest absolute Gasteiger partial charge is 0.232 e. The quantitative estimate of drug-likeness (QED) is 0.833. The fourth-order valence-corrected chi connectivity index (χ4v) is 3.21. The van der Waals surface area contributed by atoms with Crippen LogP contribution >= 0.6 is 0 Å². The van der Waals surface area contributed by atoms with Crippen LogP contribution < -0.4 is 9.62 Å². The molecule has 2 rings (SSSR count). The lowest BCUT2D eigenvalue weighted by Crippen LogP contribution is -2.50. The zero-order valence-corrected chi connectivity index (χ0v) is 11.4. The number of nitrogens with zero attached hydrogens (tertiary/aromatic N) is 1. The average molecular weight is 254 g/mol. The van der Waals surface area contributed by atoms with Crippen molar-refractivity contribution in [3.63, 3.8) is 0 Å². The maximum atomic E-state index is 11.8. The van der Waals surface area contributed by atoms with Gasteiger partial charge in [-0.05, 0) is 32.4 Å². The molecule has 0 saturated heterocycles. The second-order valence-corrected chi connectivity index (χ2v) is 7.15. The molecular formula is C12H18N2O2S. The maximum absolute atomic E-state index is 11.8. The molecular weight excluding hydrogens is 236 g/mol. The van der Waals surface area contributed by atoms with E-state index in [1.807, 2.05) is 39.0 Å². The molecule has 0 spiro atoms.